The van der Waals surface area contributed by atoms with E-state index in [0.29, 0.717) is 11.5 Å². The third-order valence-corrected chi connectivity index (χ3v) is 4.52. The molecule has 0 radical (unpaired) electrons. The van der Waals surface area contributed by atoms with Gasteiger partial charge < -0.3 is 9.73 Å². The van der Waals surface area contributed by atoms with Crippen LogP contribution in [-0.4, -0.2) is 5.91 Å². The second-order valence-electron chi connectivity index (χ2n) is 5.93. The maximum atomic E-state index is 12.4. The number of hydrogen-bond acceptors (Lipinski definition) is 2. The predicted molar refractivity (Wildman–Crippen MR) is 105 cm³/mol. The van der Waals surface area contributed by atoms with Gasteiger partial charge in [0.25, 0.3) is 5.91 Å². The molecule has 0 fully saturated rings. The molecule has 2 aromatic carbocycles. The van der Waals surface area contributed by atoms with E-state index in [1.165, 1.54) is 18.4 Å². The van der Waals surface area contributed by atoms with E-state index in [1.807, 2.05) is 42.5 Å². The number of halogens is 1. The van der Waals surface area contributed by atoms with Gasteiger partial charge >= 0.3 is 0 Å². The molecule has 1 N–H and O–H groups in total. The Morgan fingerprint density at radius 2 is 1.72 bits per heavy atom. The molecule has 0 bridgehead atoms. The number of furan rings is 1. The number of anilines is 1. The van der Waals surface area contributed by atoms with Gasteiger partial charge in [-0.1, -0.05) is 53.5 Å². The van der Waals surface area contributed by atoms with E-state index in [-0.39, 0.29) is 5.91 Å². The molecule has 25 heavy (non-hydrogen) atoms. The lowest BCUT2D eigenvalue weighted by Crippen LogP contribution is -2.10. The van der Waals surface area contributed by atoms with Crippen molar-refractivity contribution in [2.24, 2.45) is 0 Å². The van der Waals surface area contributed by atoms with Gasteiger partial charge in [-0.2, -0.15) is 0 Å². The zero-order chi connectivity index (χ0) is 17.6. The smallest absolute Gasteiger partial charge is 0.291 e. The third-order valence-electron chi connectivity index (χ3n) is 3.99. The fourth-order valence-electron chi connectivity index (χ4n) is 2.56. The number of rotatable bonds is 6. The van der Waals surface area contributed by atoms with Crippen LogP contribution in [0.15, 0.2) is 69.6 Å². The monoisotopic (exact) mass is 397 g/mol. The second kappa shape index (κ2) is 8.17. The van der Waals surface area contributed by atoms with Gasteiger partial charge in [-0.15, -0.1) is 0 Å². The summed E-state index contributed by atoms with van der Waals surface area (Å²) in [5.74, 6) is 0.727. The van der Waals surface area contributed by atoms with Crippen molar-refractivity contribution in [1.82, 2.24) is 0 Å². The molecule has 0 aliphatic carbocycles. The van der Waals surface area contributed by atoms with E-state index in [4.69, 9.17) is 4.42 Å². The lowest BCUT2D eigenvalue weighted by atomic mass is 10.1. The van der Waals surface area contributed by atoms with Crippen molar-refractivity contribution in [3.05, 3.63) is 76.5 Å². The topological polar surface area (TPSA) is 42.2 Å². The van der Waals surface area contributed by atoms with Gasteiger partial charge in [-0.25, -0.2) is 0 Å². The fourth-order valence-corrected chi connectivity index (χ4v) is 2.82. The quantitative estimate of drug-likeness (QED) is 0.529. The molecule has 4 heteroatoms. The highest BCUT2D eigenvalue weighted by Crippen LogP contribution is 2.24. The first-order valence-electron chi connectivity index (χ1n) is 8.42. The highest BCUT2D eigenvalue weighted by atomic mass is 79.9. The number of benzene rings is 2. The van der Waals surface area contributed by atoms with Gasteiger partial charge in [0, 0.05) is 15.7 Å². The molecular formula is C21H20BrNO2. The highest BCUT2D eigenvalue weighted by Gasteiger charge is 2.12. The number of nitrogens with one attached hydrogen (secondary N) is 1. The lowest BCUT2D eigenvalue weighted by Gasteiger charge is -2.05. The Morgan fingerprint density at radius 1 is 1.00 bits per heavy atom. The number of amides is 1. The van der Waals surface area contributed by atoms with E-state index in [0.717, 1.165) is 22.1 Å². The number of carbonyl (C=O) groups is 1. The van der Waals surface area contributed by atoms with Gasteiger partial charge in [0.1, 0.15) is 5.76 Å². The first-order valence-corrected chi connectivity index (χ1v) is 9.21. The summed E-state index contributed by atoms with van der Waals surface area (Å²) in [6, 6.07) is 19.3. The zero-order valence-corrected chi connectivity index (χ0v) is 15.7. The van der Waals surface area contributed by atoms with Crippen LogP contribution in [0.4, 0.5) is 5.69 Å². The van der Waals surface area contributed by atoms with Crippen LogP contribution in [0.2, 0.25) is 0 Å². The van der Waals surface area contributed by atoms with Crippen molar-refractivity contribution in [1.29, 1.82) is 0 Å². The Morgan fingerprint density at radius 3 is 2.40 bits per heavy atom. The van der Waals surface area contributed by atoms with E-state index in [1.54, 1.807) is 6.07 Å². The van der Waals surface area contributed by atoms with Crippen LogP contribution in [-0.2, 0) is 6.42 Å². The summed E-state index contributed by atoms with van der Waals surface area (Å²) >= 11 is 3.41. The van der Waals surface area contributed by atoms with E-state index in [9.17, 15) is 4.79 Å². The largest absolute Gasteiger partial charge is 0.451 e. The average Bonchev–Trinajstić information content (AvgIpc) is 3.12. The Hall–Kier alpha value is -2.33. The van der Waals surface area contributed by atoms with Gasteiger partial charge in [-0.3, -0.25) is 4.79 Å². The van der Waals surface area contributed by atoms with Gasteiger partial charge in [0.2, 0.25) is 0 Å². The molecule has 128 valence electrons. The Labute approximate surface area is 156 Å². The Bertz CT molecular complexity index is 835. The normalized spacial score (nSPS) is 10.6. The fraction of sp³-hybridized carbons (Fsp3) is 0.190. The highest BCUT2D eigenvalue weighted by molar-refractivity contribution is 9.10. The standard InChI is InChI=1S/C21H20BrNO2/c1-2-3-4-15-5-11-18(12-6-15)23-21(24)20-14-13-19(25-20)16-7-9-17(22)10-8-16/h5-14H,2-4H2,1H3,(H,23,24). The molecule has 3 aromatic rings. The van der Waals surface area contributed by atoms with Crippen LogP contribution in [0.25, 0.3) is 11.3 Å². The van der Waals surface area contributed by atoms with Crippen molar-refractivity contribution in [3.8, 4) is 11.3 Å². The predicted octanol–water partition coefficient (Wildman–Crippen LogP) is 6.30. The maximum absolute atomic E-state index is 12.4. The molecule has 0 aliphatic heterocycles. The van der Waals surface area contributed by atoms with E-state index < -0.39 is 0 Å². The van der Waals surface area contributed by atoms with E-state index >= 15 is 0 Å². The number of carbonyl (C=O) groups excluding carboxylic acids is 1. The molecule has 0 spiro atoms. The van der Waals surface area contributed by atoms with Crippen molar-refractivity contribution in [2.75, 3.05) is 5.32 Å². The molecule has 0 saturated heterocycles. The van der Waals surface area contributed by atoms with Crippen molar-refractivity contribution < 1.29 is 9.21 Å². The van der Waals surface area contributed by atoms with Crippen LogP contribution in [0.3, 0.4) is 0 Å². The van der Waals surface area contributed by atoms with Gasteiger partial charge in [0.05, 0.1) is 0 Å². The molecule has 3 nitrogen and oxygen atoms in total. The lowest BCUT2D eigenvalue weighted by molar-refractivity contribution is 0.0997. The molecule has 0 unspecified atom stereocenters. The number of unbranched alkanes of at least 4 members (excludes halogenated alkanes) is 1. The minimum Gasteiger partial charge on any atom is -0.451 e. The molecular weight excluding hydrogens is 378 g/mol. The third kappa shape index (κ3) is 4.60. The Kier molecular flexibility index (Phi) is 5.71. The number of hydrogen-bond donors (Lipinski definition) is 1. The molecule has 3 rings (SSSR count). The van der Waals surface area contributed by atoms with E-state index in [2.05, 4.69) is 40.3 Å². The first kappa shape index (κ1) is 17.5. The van der Waals surface area contributed by atoms with Crippen LogP contribution < -0.4 is 5.32 Å². The van der Waals surface area contributed by atoms with Crippen molar-refractivity contribution in [2.45, 2.75) is 26.2 Å². The van der Waals surface area contributed by atoms with Crippen molar-refractivity contribution >= 4 is 27.5 Å². The molecule has 1 amide bonds. The molecule has 0 atom stereocenters. The summed E-state index contributed by atoms with van der Waals surface area (Å²) in [5, 5.41) is 2.88. The molecule has 1 aromatic heterocycles. The summed E-state index contributed by atoms with van der Waals surface area (Å²) in [7, 11) is 0. The molecule has 0 aliphatic rings. The summed E-state index contributed by atoms with van der Waals surface area (Å²) in [4.78, 5) is 12.4. The molecule has 1 heterocycles. The summed E-state index contributed by atoms with van der Waals surface area (Å²) in [6.07, 6.45) is 3.42. The summed E-state index contributed by atoms with van der Waals surface area (Å²) in [6.45, 7) is 2.18. The van der Waals surface area contributed by atoms with Crippen LogP contribution in [0.1, 0.15) is 35.9 Å². The van der Waals surface area contributed by atoms with Crippen LogP contribution in [0.5, 0.6) is 0 Å². The van der Waals surface area contributed by atoms with Crippen LogP contribution in [0, 0.1) is 0 Å². The SMILES string of the molecule is CCCCc1ccc(NC(=O)c2ccc(-c3ccc(Br)cc3)o2)cc1. The van der Waals surface area contributed by atoms with Gasteiger partial charge in [0.15, 0.2) is 5.76 Å². The maximum Gasteiger partial charge on any atom is 0.291 e. The first-order chi connectivity index (χ1) is 12.2. The average molecular weight is 398 g/mol. The van der Waals surface area contributed by atoms with Crippen LogP contribution >= 0.6 is 15.9 Å². The zero-order valence-electron chi connectivity index (χ0n) is 14.1. The van der Waals surface area contributed by atoms with Gasteiger partial charge in [-0.05, 0) is 54.8 Å². The number of aryl methyl sites for hydroxylation is 1. The van der Waals surface area contributed by atoms with Crippen molar-refractivity contribution in [3.63, 3.8) is 0 Å². The minimum absolute atomic E-state index is 0.246. The Balaban J connectivity index is 1.66. The summed E-state index contributed by atoms with van der Waals surface area (Å²) < 4.78 is 6.70. The molecule has 0 saturated carbocycles. The minimum atomic E-state index is -0.246. The second-order valence-corrected chi connectivity index (χ2v) is 6.84. The summed E-state index contributed by atoms with van der Waals surface area (Å²) in [5.41, 5.74) is 2.99.